The molecule has 1 aromatic carbocycles. The molecule has 1 unspecified atom stereocenters. The van der Waals surface area contributed by atoms with Crippen LogP contribution in [0.5, 0.6) is 0 Å². The Kier molecular flexibility index (Phi) is 5.01. The SMILES string of the molecule is CN(C1CCOCC1)C(CN)c1ccc(Cl)cc1. The molecule has 0 spiro atoms. The van der Waals surface area contributed by atoms with Crippen LogP contribution >= 0.6 is 11.6 Å². The number of likely N-dealkylation sites (N-methyl/N-ethyl adjacent to an activating group) is 1. The molecule has 2 N–H and O–H groups in total. The lowest BCUT2D eigenvalue weighted by molar-refractivity contribution is 0.0294. The minimum Gasteiger partial charge on any atom is -0.381 e. The molecular weight excluding hydrogens is 248 g/mol. The molecule has 1 aliphatic rings. The van der Waals surface area contributed by atoms with Crippen LogP contribution < -0.4 is 5.73 Å². The van der Waals surface area contributed by atoms with Gasteiger partial charge in [-0.15, -0.1) is 0 Å². The smallest absolute Gasteiger partial charge is 0.0480 e. The second kappa shape index (κ2) is 6.53. The molecule has 0 saturated carbocycles. The minimum absolute atomic E-state index is 0.255. The molecule has 3 nitrogen and oxygen atoms in total. The predicted octanol–water partition coefficient (Wildman–Crippen LogP) is 2.45. The van der Waals surface area contributed by atoms with E-state index in [4.69, 9.17) is 22.1 Å². The van der Waals surface area contributed by atoms with E-state index in [-0.39, 0.29) is 6.04 Å². The van der Waals surface area contributed by atoms with Gasteiger partial charge in [0.1, 0.15) is 0 Å². The maximum absolute atomic E-state index is 5.94. The van der Waals surface area contributed by atoms with Crippen LogP contribution in [0.1, 0.15) is 24.4 Å². The second-order valence-electron chi connectivity index (χ2n) is 4.81. The van der Waals surface area contributed by atoms with Gasteiger partial charge in [0.2, 0.25) is 0 Å². The molecule has 1 heterocycles. The van der Waals surface area contributed by atoms with E-state index in [1.165, 1.54) is 5.56 Å². The predicted molar refractivity (Wildman–Crippen MR) is 74.9 cm³/mol. The number of ether oxygens (including phenoxy) is 1. The topological polar surface area (TPSA) is 38.5 Å². The van der Waals surface area contributed by atoms with E-state index in [9.17, 15) is 0 Å². The zero-order valence-electron chi connectivity index (χ0n) is 10.8. The first-order chi connectivity index (χ1) is 8.72. The molecule has 1 saturated heterocycles. The molecule has 1 fully saturated rings. The van der Waals surface area contributed by atoms with E-state index >= 15 is 0 Å². The molecule has 0 amide bonds. The van der Waals surface area contributed by atoms with E-state index in [0.717, 1.165) is 31.1 Å². The summed E-state index contributed by atoms with van der Waals surface area (Å²) in [6.45, 7) is 2.33. The van der Waals surface area contributed by atoms with Gasteiger partial charge in [-0.2, -0.15) is 0 Å². The molecule has 0 radical (unpaired) electrons. The second-order valence-corrected chi connectivity index (χ2v) is 5.25. The summed E-state index contributed by atoms with van der Waals surface area (Å²) in [6.07, 6.45) is 2.17. The summed E-state index contributed by atoms with van der Waals surface area (Å²) in [6, 6.07) is 8.80. The summed E-state index contributed by atoms with van der Waals surface area (Å²) >= 11 is 5.93. The van der Waals surface area contributed by atoms with Gasteiger partial charge in [-0.3, -0.25) is 4.90 Å². The average Bonchev–Trinajstić information content (AvgIpc) is 2.42. The van der Waals surface area contributed by atoms with Gasteiger partial charge in [-0.05, 0) is 37.6 Å². The molecule has 0 aliphatic carbocycles. The van der Waals surface area contributed by atoms with E-state index < -0.39 is 0 Å². The largest absolute Gasteiger partial charge is 0.381 e. The van der Waals surface area contributed by atoms with Gasteiger partial charge in [-0.1, -0.05) is 23.7 Å². The molecule has 4 heteroatoms. The highest BCUT2D eigenvalue weighted by Gasteiger charge is 2.24. The Morgan fingerprint density at radius 2 is 1.94 bits per heavy atom. The summed E-state index contributed by atoms with van der Waals surface area (Å²) in [5, 5.41) is 0.767. The Morgan fingerprint density at radius 3 is 2.50 bits per heavy atom. The van der Waals surface area contributed by atoms with Crippen LogP contribution in [0.3, 0.4) is 0 Å². The van der Waals surface area contributed by atoms with Crippen LogP contribution in [0, 0.1) is 0 Å². The Labute approximate surface area is 114 Å². The van der Waals surface area contributed by atoms with E-state index in [2.05, 4.69) is 24.1 Å². The van der Waals surface area contributed by atoms with Crippen LogP contribution in [-0.2, 0) is 4.74 Å². The van der Waals surface area contributed by atoms with Crippen molar-refractivity contribution >= 4 is 11.6 Å². The highest BCUT2D eigenvalue weighted by atomic mass is 35.5. The Hall–Kier alpha value is -0.610. The van der Waals surface area contributed by atoms with Crippen LogP contribution in [0.25, 0.3) is 0 Å². The van der Waals surface area contributed by atoms with Crippen molar-refractivity contribution in [3.8, 4) is 0 Å². The number of nitrogens with two attached hydrogens (primary N) is 1. The summed E-state index contributed by atoms with van der Waals surface area (Å²) < 4.78 is 5.41. The fourth-order valence-electron chi connectivity index (χ4n) is 2.57. The lowest BCUT2D eigenvalue weighted by Gasteiger charge is -2.36. The van der Waals surface area contributed by atoms with Crippen molar-refractivity contribution in [2.45, 2.75) is 24.9 Å². The first-order valence-electron chi connectivity index (χ1n) is 6.47. The molecule has 2 rings (SSSR count). The van der Waals surface area contributed by atoms with Crippen LogP contribution in [0.4, 0.5) is 0 Å². The van der Waals surface area contributed by atoms with Crippen molar-refractivity contribution < 1.29 is 4.74 Å². The summed E-state index contributed by atoms with van der Waals surface area (Å²) in [7, 11) is 2.15. The third kappa shape index (κ3) is 3.23. The number of halogens is 1. The number of hydrogen-bond acceptors (Lipinski definition) is 3. The summed E-state index contributed by atoms with van der Waals surface area (Å²) in [4.78, 5) is 2.38. The molecule has 1 atom stereocenters. The molecule has 0 bridgehead atoms. The van der Waals surface area contributed by atoms with Gasteiger partial charge in [-0.25, -0.2) is 0 Å². The lowest BCUT2D eigenvalue weighted by atomic mass is 10.0. The molecule has 0 aromatic heterocycles. The standard InChI is InChI=1S/C14H21ClN2O/c1-17(13-6-8-18-9-7-13)14(10-16)11-2-4-12(15)5-3-11/h2-5,13-14H,6-10,16H2,1H3. The third-order valence-corrected chi connectivity index (χ3v) is 3.99. The lowest BCUT2D eigenvalue weighted by Crippen LogP contribution is -2.41. The normalized spacial score (nSPS) is 19.1. The van der Waals surface area contributed by atoms with Crippen molar-refractivity contribution in [3.63, 3.8) is 0 Å². The van der Waals surface area contributed by atoms with Crippen LogP contribution in [0.15, 0.2) is 24.3 Å². The van der Waals surface area contributed by atoms with Crippen molar-refractivity contribution in [1.29, 1.82) is 0 Å². The monoisotopic (exact) mass is 268 g/mol. The van der Waals surface area contributed by atoms with Crippen molar-refractivity contribution in [3.05, 3.63) is 34.9 Å². The Bertz CT molecular complexity index is 363. The molecule has 1 aliphatic heterocycles. The Morgan fingerprint density at radius 1 is 1.33 bits per heavy atom. The quantitative estimate of drug-likeness (QED) is 0.912. The van der Waals surface area contributed by atoms with Crippen molar-refractivity contribution in [2.24, 2.45) is 5.73 Å². The van der Waals surface area contributed by atoms with Crippen LogP contribution in [0.2, 0.25) is 5.02 Å². The number of rotatable bonds is 4. The highest BCUT2D eigenvalue weighted by molar-refractivity contribution is 6.30. The van der Waals surface area contributed by atoms with E-state index in [0.29, 0.717) is 12.6 Å². The molecule has 100 valence electrons. The highest BCUT2D eigenvalue weighted by Crippen LogP contribution is 2.25. The first kappa shape index (κ1) is 13.8. The van der Waals surface area contributed by atoms with Gasteiger partial charge in [0.15, 0.2) is 0 Å². The maximum Gasteiger partial charge on any atom is 0.0480 e. The van der Waals surface area contributed by atoms with Crippen molar-refractivity contribution in [2.75, 3.05) is 26.8 Å². The van der Waals surface area contributed by atoms with Crippen LogP contribution in [-0.4, -0.2) is 37.7 Å². The minimum atomic E-state index is 0.255. The number of nitrogens with zero attached hydrogens (tertiary/aromatic N) is 1. The van der Waals surface area contributed by atoms with Gasteiger partial charge in [0.05, 0.1) is 0 Å². The van der Waals surface area contributed by atoms with Gasteiger partial charge in [0, 0.05) is 36.9 Å². The zero-order valence-corrected chi connectivity index (χ0v) is 11.6. The fourth-order valence-corrected chi connectivity index (χ4v) is 2.70. The van der Waals surface area contributed by atoms with Gasteiger partial charge < -0.3 is 10.5 Å². The fraction of sp³-hybridized carbons (Fsp3) is 0.571. The first-order valence-corrected chi connectivity index (χ1v) is 6.85. The van der Waals surface area contributed by atoms with E-state index in [1.54, 1.807) is 0 Å². The van der Waals surface area contributed by atoms with E-state index in [1.807, 2.05) is 12.1 Å². The Balaban J connectivity index is 2.09. The molecule has 18 heavy (non-hydrogen) atoms. The van der Waals surface area contributed by atoms with Gasteiger partial charge in [0.25, 0.3) is 0 Å². The maximum atomic E-state index is 5.94. The summed E-state index contributed by atoms with van der Waals surface area (Å²) in [5.74, 6) is 0. The third-order valence-electron chi connectivity index (χ3n) is 3.74. The number of hydrogen-bond donors (Lipinski definition) is 1. The number of benzene rings is 1. The average molecular weight is 269 g/mol. The molecule has 1 aromatic rings. The molecular formula is C14H21ClN2O. The van der Waals surface area contributed by atoms with Crippen molar-refractivity contribution in [1.82, 2.24) is 4.90 Å². The summed E-state index contributed by atoms with van der Waals surface area (Å²) in [5.41, 5.74) is 7.18. The van der Waals surface area contributed by atoms with Gasteiger partial charge >= 0.3 is 0 Å². The zero-order chi connectivity index (χ0) is 13.0.